The summed E-state index contributed by atoms with van der Waals surface area (Å²) in [5.41, 5.74) is 2.58. The Kier molecular flexibility index (Phi) is 3.88. The molecule has 1 amide bonds. The van der Waals surface area contributed by atoms with Crippen LogP contribution in [0.4, 0.5) is 0 Å². The summed E-state index contributed by atoms with van der Waals surface area (Å²) in [5, 5.41) is 0. The summed E-state index contributed by atoms with van der Waals surface area (Å²) in [5.74, 6) is 2.26. The Labute approximate surface area is 142 Å². The van der Waals surface area contributed by atoms with Crippen molar-refractivity contribution in [3.05, 3.63) is 53.6 Å². The first-order valence-corrected chi connectivity index (χ1v) is 8.67. The number of nitrogens with one attached hydrogen (secondary N) is 1. The van der Waals surface area contributed by atoms with Gasteiger partial charge >= 0.3 is 0 Å². The van der Waals surface area contributed by atoms with E-state index in [1.165, 1.54) is 11.1 Å². The highest BCUT2D eigenvalue weighted by atomic mass is 16.2. The van der Waals surface area contributed by atoms with Crippen LogP contribution in [-0.4, -0.2) is 45.3 Å². The second kappa shape index (κ2) is 6.06. The van der Waals surface area contributed by atoms with Gasteiger partial charge in [-0.2, -0.15) is 0 Å². The number of nitrogens with zero attached hydrogens (tertiary/aromatic N) is 3. The van der Waals surface area contributed by atoms with E-state index in [0.29, 0.717) is 11.8 Å². The van der Waals surface area contributed by atoms with E-state index < -0.39 is 0 Å². The molecule has 2 aromatic rings. The first kappa shape index (κ1) is 15.4. The lowest BCUT2D eigenvalue weighted by Crippen LogP contribution is -2.34. The maximum atomic E-state index is 12.2. The van der Waals surface area contributed by atoms with Crippen molar-refractivity contribution < 1.29 is 4.79 Å². The molecule has 0 radical (unpaired) electrons. The van der Waals surface area contributed by atoms with E-state index in [2.05, 4.69) is 51.0 Å². The molecule has 24 heavy (non-hydrogen) atoms. The van der Waals surface area contributed by atoms with E-state index in [0.717, 1.165) is 32.0 Å². The molecule has 2 aliphatic rings. The van der Waals surface area contributed by atoms with Gasteiger partial charge in [0.2, 0.25) is 5.91 Å². The number of benzene rings is 1. The SMILES string of the molecule is CC(=O)N1C[C@H]2CN(Cc3ncc[nH]3)C[C@H]2[C@@H]1c1ccccc1C. The van der Waals surface area contributed by atoms with Crippen LogP contribution in [0.25, 0.3) is 0 Å². The van der Waals surface area contributed by atoms with Crippen LogP contribution in [0.2, 0.25) is 0 Å². The van der Waals surface area contributed by atoms with Crippen molar-refractivity contribution >= 4 is 5.91 Å². The highest BCUT2D eigenvalue weighted by molar-refractivity contribution is 5.74. The van der Waals surface area contributed by atoms with Crippen LogP contribution in [0.1, 0.15) is 29.9 Å². The number of hydrogen-bond donors (Lipinski definition) is 1. The summed E-state index contributed by atoms with van der Waals surface area (Å²) in [6, 6.07) is 8.70. The van der Waals surface area contributed by atoms with Crippen molar-refractivity contribution in [1.29, 1.82) is 0 Å². The fourth-order valence-electron chi connectivity index (χ4n) is 4.50. The molecule has 1 aromatic carbocycles. The third-order valence-corrected chi connectivity index (χ3v) is 5.58. The fourth-order valence-corrected chi connectivity index (χ4v) is 4.50. The van der Waals surface area contributed by atoms with E-state index in [1.807, 2.05) is 6.20 Å². The second-order valence-corrected chi connectivity index (χ2v) is 7.13. The molecule has 2 saturated heterocycles. The Bertz CT molecular complexity index is 727. The zero-order chi connectivity index (χ0) is 16.7. The summed E-state index contributed by atoms with van der Waals surface area (Å²) < 4.78 is 0. The maximum absolute atomic E-state index is 12.2. The summed E-state index contributed by atoms with van der Waals surface area (Å²) in [7, 11) is 0. The fraction of sp³-hybridized carbons (Fsp3) is 0.474. The number of rotatable bonds is 3. The molecule has 0 bridgehead atoms. The van der Waals surface area contributed by atoms with Gasteiger partial charge < -0.3 is 9.88 Å². The van der Waals surface area contributed by atoms with Gasteiger partial charge in [-0.05, 0) is 24.0 Å². The average Bonchev–Trinajstić information content (AvgIpc) is 3.24. The zero-order valence-electron chi connectivity index (χ0n) is 14.3. The molecule has 5 nitrogen and oxygen atoms in total. The van der Waals surface area contributed by atoms with Crippen LogP contribution in [0, 0.1) is 18.8 Å². The van der Waals surface area contributed by atoms with Crippen molar-refractivity contribution in [2.75, 3.05) is 19.6 Å². The number of carbonyl (C=O) groups excluding carboxylic acids is 1. The van der Waals surface area contributed by atoms with E-state index in [1.54, 1.807) is 13.1 Å². The normalized spacial score (nSPS) is 26.8. The number of H-pyrrole nitrogens is 1. The second-order valence-electron chi connectivity index (χ2n) is 7.13. The number of amides is 1. The molecular weight excluding hydrogens is 300 g/mol. The Morgan fingerprint density at radius 3 is 2.83 bits per heavy atom. The number of aromatic amines is 1. The van der Waals surface area contributed by atoms with Gasteiger partial charge in [0.05, 0.1) is 12.6 Å². The molecular formula is C19H24N4O. The van der Waals surface area contributed by atoms with Crippen molar-refractivity contribution in [2.45, 2.75) is 26.4 Å². The molecule has 3 atom stereocenters. The molecule has 0 spiro atoms. The largest absolute Gasteiger partial charge is 0.348 e. The zero-order valence-corrected chi connectivity index (χ0v) is 14.3. The number of imidazole rings is 1. The highest BCUT2D eigenvalue weighted by Crippen LogP contribution is 2.45. The van der Waals surface area contributed by atoms with Crippen LogP contribution in [0.3, 0.4) is 0 Å². The molecule has 5 heteroatoms. The molecule has 126 valence electrons. The monoisotopic (exact) mass is 324 g/mol. The van der Waals surface area contributed by atoms with Crippen molar-refractivity contribution in [2.24, 2.45) is 11.8 Å². The third kappa shape index (κ3) is 2.63. The van der Waals surface area contributed by atoms with Crippen LogP contribution in [0.5, 0.6) is 0 Å². The van der Waals surface area contributed by atoms with Crippen LogP contribution < -0.4 is 0 Å². The lowest BCUT2D eigenvalue weighted by molar-refractivity contribution is -0.130. The first-order valence-electron chi connectivity index (χ1n) is 8.67. The number of fused-ring (bicyclic) bond motifs is 1. The Hall–Kier alpha value is -2.14. The first-order chi connectivity index (χ1) is 11.6. The van der Waals surface area contributed by atoms with Gasteiger partial charge in [0.1, 0.15) is 5.82 Å². The van der Waals surface area contributed by atoms with Gasteiger partial charge in [-0.15, -0.1) is 0 Å². The molecule has 1 aromatic heterocycles. The topological polar surface area (TPSA) is 52.2 Å². The Balaban J connectivity index is 1.59. The van der Waals surface area contributed by atoms with E-state index in [-0.39, 0.29) is 11.9 Å². The number of aromatic nitrogens is 2. The molecule has 1 N–H and O–H groups in total. The number of carbonyl (C=O) groups is 1. The van der Waals surface area contributed by atoms with Gasteiger partial charge in [0, 0.05) is 44.9 Å². The van der Waals surface area contributed by atoms with Crippen molar-refractivity contribution in [3.8, 4) is 0 Å². The minimum absolute atomic E-state index is 0.190. The van der Waals surface area contributed by atoms with E-state index >= 15 is 0 Å². The van der Waals surface area contributed by atoms with Gasteiger partial charge in [-0.3, -0.25) is 9.69 Å². The minimum Gasteiger partial charge on any atom is -0.348 e. The Morgan fingerprint density at radius 2 is 2.12 bits per heavy atom. The summed E-state index contributed by atoms with van der Waals surface area (Å²) in [6.07, 6.45) is 3.68. The molecule has 2 aliphatic heterocycles. The minimum atomic E-state index is 0.190. The molecule has 3 heterocycles. The van der Waals surface area contributed by atoms with Crippen molar-refractivity contribution in [3.63, 3.8) is 0 Å². The van der Waals surface area contributed by atoms with Gasteiger partial charge in [0.15, 0.2) is 0 Å². The molecule has 0 saturated carbocycles. The van der Waals surface area contributed by atoms with Gasteiger partial charge in [0.25, 0.3) is 0 Å². The van der Waals surface area contributed by atoms with E-state index in [4.69, 9.17) is 0 Å². The summed E-state index contributed by atoms with van der Waals surface area (Å²) >= 11 is 0. The van der Waals surface area contributed by atoms with Crippen LogP contribution >= 0.6 is 0 Å². The molecule has 4 rings (SSSR count). The standard InChI is InChI=1S/C19H24N4O/c1-13-5-3-4-6-16(13)19-17-11-22(12-18-20-7-8-21-18)9-15(17)10-23(19)14(2)24/h3-8,15,17,19H,9-12H2,1-2H3,(H,20,21)/t15-,17-,19+/m1/s1. The smallest absolute Gasteiger partial charge is 0.219 e. The average molecular weight is 324 g/mol. The predicted octanol–water partition coefficient (Wildman–Crippen LogP) is 2.37. The summed E-state index contributed by atoms with van der Waals surface area (Å²) in [6.45, 7) is 7.64. The molecule has 0 unspecified atom stereocenters. The predicted molar refractivity (Wildman–Crippen MR) is 92.2 cm³/mol. The lowest BCUT2D eigenvalue weighted by Gasteiger charge is -2.30. The van der Waals surface area contributed by atoms with Gasteiger partial charge in [-0.1, -0.05) is 24.3 Å². The van der Waals surface area contributed by atoms with Gasteiger partial charge in [-0.25, -0.2) is 4.98 Å². The number of likely N-dealkylation sites (tertiary alicyclic amines) is 2. The number of hydrogen-bond acceptors (Lipinski definition) is 3. The van der Waals surface area contributed by atoms with Crippen molar-refractivity contribution in [1.82, 2.24) is 19.8 Å². The lowest BCUT2D eigenvalue weighted by atomic mass is 9.87. The maximum Gasteiger partial charge on any atom is 0.219 e. The Morgan fingerprint density at radius 1 is 1.29 bits per heavy atom. The quantitative estimate of drug-likeness (QED) is 0.943. The highest BCUT2D eigenvalue weighted by Gasteiger charge is 2.48. The van der Waals surface area contributed by atoms with Crippen LogP contribution in [-0.2, 0) is 11.3 Å². The number of aryl methyl sites for hydroxylation is 1. The molecule has 0 aliphatic carbocycles. The summed E-state index contributed by atoms with van der Waals surface area (Å²) in [4.78, 5) is 24.3. The third-order valence-electron chi connectivity index (χ3n) is 5.58. The van der Waals surface area contributed by atoms with E-state index in [9.17, 15) is 4.79 Å². The molecule has 2 fully saturated rings. The van der Waals surface area contributed by atoms with Crippen LogP contribution in [0.15, 0.2) is 36.7 Å².